The molecule has 3 aromatic rings. The standard InChI is InChI=1S/C26H28N2O5/c1-6-15-31-25(30)32-23-22(18-12-8-9-13-20(18)27(23)5)19-16-28(24(29)33-26(2,3)4)21-14-10-7-11-17(19)21/h6-14,16,22-23H,1,15H2,2-5H3. The van der Waals surface area contributed by atoms with Gasteiger partial charge in [0.05, 0.1) is 11.4 Å². The van der Waals surface area contributed by atoms with E-state index in [1.165, 1.54) is 10.6 Å². The lowest BCUT2D eigenvalue weighted by Crippen LogP contribution is -2.36. The number of carbonyl (C=O) groups excluding carboxylic acids is 2. The van der Waals surface area contributed by atoms with E-state index in [4.69, 9.17) is 14.2 Å². The molecule has 0 fully saturated rings. The predicted molar refractivity (Wildman–Crippen MR) is 127 cm³/mol. The second-order valence-electron chi connectivity index (χ2n) is 8.96. The van der Waals surface area contributed by atoms with E-state index < -0.39 is 24.1 Å². The molecule has 1 aliphatic heterocycles. The van der Waals surface area contributed by atoms with Gasteiger partial charge in [0.2, 0.25) is 0 Å². The summed E-state index contributed by atoms with van der Waals surface area (Å²) in [5, 5.41) is 0.881. The van der Waals surface area contributed by atoms with E-state index in [0.717, 1.165) is 27.7 Å². The summed E-state index contributed by atoms with van der Waals surface area (Å²) < 4.78 is 18.0. The van der Waals surface area contributed by atoms with Crippen LogP contribution < -0.4 is 4.90 Å². The molecule has 33 heavy (non-hydrogen) atoms. The van der Waals surface area contributed by atoms with Crippen molar-refractivity contribution in [2.75, 3.05) is 18.6 Å². The molecular weight excluding hydrogens is 420 g/mol. The van der Waals surface area contributed by atoms with Crippen LogP contribution in [0.3, 0.4) is 0 Å². The molecule has 7 nitrogen and oxygen atoms in total. The molecule has 0 amide bonds. The molecule has 0 bridgehead atoms. The van der Waals surface area contributed by atoms with Crippen molar-refractivity contribution < 1.29 is 23.8 Å². The van der Waals surface area contributed by atoms with Crippen LogP contribution in [-0.2, 0) is 14.2 Å². The Morgan fingerprint density at radius 2 is 1.76 bits per heavy atom. The summed E-state index contributed by atoms with van der Waals surface area (Å²) in [5.41, 5.74) is 2.88. The third kappa shape index (κ3) is 4.31. The summed E-state index contributed by atoms with van der Waals surface area (Å²) in [6.07, 6.45) is 1.37. The van der Waals surface area contributed by atoms with Crippen molar-refractivity contribution in [1.82, 2.24) is 4.57 Å². The first-order chi connectivity index (χ1) is 15.7. The van der Waals surface area contributed by atoms with Crippen LogP contribution in [-0.4, -0.2) is 42.3 Å². The summed E-state index contributed by atoms with van der Waals surface area (Å²) in [7, 11) is 1.87. The minimum atomic E-state index is -0.777. The monoisotopic (exact) mass is 448 g/mol. The Kier molecular flexibility index (Phi) is 5.89. The number of anilines is 1. The molecule has 1 aromatic heterocycles. The van der Waals surface area contributed by atoms with E-state index in [1.54, 1.807) is 6.20 Å². The van der Waals surface area contributed by atoms with Gasteiger partial charge in [0, 0.05) is 24.3 Å². The summed E-state index contributed by atoms with van der Waals surface area (Å²) in [5.74, 6) is -0.337. The molecule has 0 aliphatic carbocycles. The smallest absolute Gasteiger partial charge is 0.443 e. The second-order valence-corrected chi connectivity index (χ2v) is 8.96. The SMILES string of the molecule is C=CCOC(=O)OC1C(c2cn(C(=O)OC(C)(C)C)c3ccccc23)c2ccccc2N1C. The lowest BCUT2D eigenvalue weighted by Gasteiger charge is -2.26. The number of aromatic nitrogens is 1. The molecule has 2 atom stereocenters. The van der Waals surface area contributed by atoms with E-state index in [2.05, 4.69) is 6.58 Å². The summed E-state index contributed by atoms with van der Waals surface area (Å²) >= 11 is 0. The fourth-order valence-electron chi connectivity index (χ4n) is 4.23. The minimum absolute atomic E-state index is 0.0604. The zero-order valence-corrected chi connectivity index (χ0v) is 19.3. The number of carbonyl (C=O) groups is 2. The second kappa shape index (κ2) is 8.65. The van der Waals surface area contributed by atoms with Crippen molar-refractivity contribution in [2.24, 2.45) is 0 Å². The van der Waals surface area contributed by atoms with E-state index >= 15 is 0 Å². The number of ether oxygens (including phenoxy) is 3. The van der Waals surface area contributed by atoms with Crippen molar-refractivity contribution in [1.29, 1.82) is 0 Å². The van der Waals surface area contributed by atoms with Crippen LogP contribution in [0, 0.1) is 0 Å². The van der Waals surface area contributed by atoms with Gasteiger partial charge in [0.25, 0.3) is 0 Å². The lowest BCUT2D eigenvalue weighted by atomic mass is 9.91. The van der Waals surface area contributed by atoms with Crippen molar-refractivity contribution in [2.45, 2.75) is 38.5 Å². The van der Waals surface area contributed by atoms with Gasteiger partial charge < -0.3 is 19.1 Å². The Morgan fingerprint density at radius 3 is 2.48 bits per heavy atom. The molecule has 4 rings (SSSR count). The van der Waals surface area contributed by atoms with Crippen LogP contribution in [0.25, 0.3) is 10.9 Å². The molecule has 172 valence electrons. The van der Waals surface area contributed by atoms with E-state index in [0.29, 0.717) is 0 Å². The number of nitrogens with zero attached hydrogens (tertiary/aromatic N) is 2. The molecule has 0 saturated carbocycles. The topological polar surface area (TPSA) is 70.0 Å². The van der Waals surface area contributed by atoms with Crippen molar-refractivity contribution >= 4 is 28.8 Å². The highest BCUT2D eigenvalue weighted by molar-refractivity contribution is 5.93. The molecule has 1 aliphatic rings. The third-order valence-corrected chi connectivity index (χ3v) is 5.52. The van der Waals surface area contributed by atoms with Crippen LogP contribution in [0.5, 0.6) is 0 Å². The predicted octanol–water partition coefficient (Wildman–Crippen LogP) is 5.67. The van der Waals surface area contributed by atoms with E-state index in [-0.39, 0.29) is 12.5 Å². The van der Waals surface area contributed by atoms with Crippen LogP contribution in [0.1, 0.15) is 37.8 Å². The summed E-state index contributed by atoms with van der Waals surface area (Å²) in [6.45, 7) is 9.12. The van der Waals surface area contributed by atoms with Crippen LogP contribution in [0.15, 0.2) is 67.4 Å². The Labute approximate surface area is 193 Å². The number of likely N-dealkylation sites (N-methyl/N-ethyl adjacent to an activating group) is 1. The number of benzene rings is 2. The summed E-state index contributed by atoms with van der Waals surface area (Å²) in [4.78, 5) is 27.3. The average molecular weight is 449 g/mol. The molecule has 0 saturated heterocycles. The van der Waals surface area contributed by atoms with Gasteiger partial charge in [-0.3, -0.25) is 4.57 Å². The van der Waals surface area contributed by atoms with Gasteiger partial charge in [-0.15, -0.1) is 0 Å². The fraction of sp³-hybridized carbons (Fsp3) is 0.308. The Morgan fingerprint density at radius 1 is 1.06 bits per heavy atom. The highest BCUT2D eigenvalue weighted by atomic mass is 16.7. The molecular formula is C26H28N2O5. The summed E-state index contributed by atoms with van der Waals surface area (Å²) in [6, 6.07) is 15.5. The van der Waals surface area contributed by atoms with Gasteiger partial charge in [-0.2, -0.15) is 0 Å². The first-order valence-electron chi connectivity index (χ1n) is 10.8. The largest absolute Gasteiger partial charge is 0.510 e. The molecule has 2 heterocycles. The molecule has 0 radical (unpaired) electrons. The van der Waals surface area contributed by atoms with Crippen molar-refractivity contribution in [3.05, 3.63) is 78.5 Å². The molecule has 0 N–H and O–H groups in total. The van der Waals surface area contributed by atoms with Crippen molar-refractivity contribution in [3.8, 4) is 0 Å². The van der Waals surface area contributed by atoms with Gasteiger partial charge in [-0.25, -0.2) is 9.59 Å². The quantitative estimate of drug-likeness (QED) is 0.378. The Bertz CT molecular complexity index is 1210. The maximum atomic E-state index is 13.0. The third-order valence-electron chi connectivity index (χ3n) is 5.52. The van der Waals surface area contributed by atoms with Crippen molar-refractivity contribution in [3.63, 3.8) is 0 Å². The molecule has 0 spiro atoms. The van der Waals surface area contributed by atoms with Gasteiger partial charge in [0.15, 0.2) is 6.23 Å². The maximum Gasteiger partial charge on any atom is 0.510 e. The fourth-order valence-corrected chi connectivity index (χ4v) is 4.23. The highest BCUT2D eigenvalue weighted by Crippen LogP contribution is 2.46. The Hall–Kier alpha value is -3.74. The molecule has 2 unspecified atom stereocenters. The zero-order chi connectivity index (χ0) is 23.8. The molecule has 7 heteroatoms. The number of hydrogen-bond donors (Lipinski definition) is 0. The first-order valence-corrected chi connectivity index (χ1v) is 10.8. The minimum Gasteiger partial charge on any atom is -0.443 e. The zero-order valence-electron chi connectivity index (χ0n) is 19.3. The van der Waals surface area contributed by atoms with Crippen LogP contribution >= 0.6 is 0 Å². The van der Waals surface area contributed by atoms with E-state index in [9.17, 15) is 9.59 Å². The normalized spacial score (nSPS) is 17.5. The molecule has 2 aromatic carbocycles. The maximum absolute atomic E-state index is 13.0. The number of fused-ring (bicyclic) bond motifs is 2. The van der Waals surface area contributed by atoms with Gasteiger partial charge >= 0.3 is 12.2 Å². The highest BCUT2D eigenvalue weighted by Gasteiger charge is 2.42. The lowest BCUT2D eigenvalue weighted by molar-refractivity contribution is 0.0277. The van der Waals surface area contributed by atoms with Crippen LogP contribution in [0.4, 0.5) is 15.3 Å². The van der Waals surface area contributed by atoms with E-state index in [1.807, 2.05) is 81.2 Å². The number of rotatable bonds is 4. The van der Waals surface area contributed by atoms with Gasteiger partial charge in [0.1, 0.15) is 12.2 Å². The average Bonchev–Trinajstić information content (AvgIpc) is 3.27. The van der Waals surface area contributed by atoms with Gasteiger partial charge in [-0.05, 0) is 44.0 Å². The number of hydrogen-bond acceptors (Lipinski definition) is 6. The number of para-hydroxylation sites is 2. The van der Waals surface area contributed by atoms with Gasteiger partial charge in [-0.1, -0.05) is 49.1 Å². The Balaban J connectivity index is 1.83. The first kappa shape index (κ1) is 22.5. The van der Waals surface area contributed by atoms with Crippen LogP contribution in [0.2, 0.25) is 0 Å².